The minimum Gasteiger partial charge on any atom is -0.493 e. The average Bonchev–Trinajstić information content (AvgIpc) is 2.86. The Bertz CT molecular complexity index is 974. The van der Waals surface area contributed by atoms with E-state index in [2.05, 4.69) is 12.1 Å². The van der Waals surface area contributed by atoms with Crippen molar-refractivity contribution in [3.63, 3.8) is 0 Å². The Hall–Kier alpha value is -3.23. The lowest BCUT2D eigenvalue weighted by atomic mass is 10.1. The number of carbonyl (C=O) groups excluding carboxylic acids is 2. The maximum atomic E-state index is 12.7. The van der Waals surface area contributed by atoms with Crippen LogP contribution < -0.4 is 9.47 Å². The molecule has 0 atom stereocenters. The molecule has 0 spiro atoms. The number of nitrogens with zero attached hydrogens (tertiary/aromatic N) is 2. The molecule has 6 nitrogen and oxygen atoms in total. The summed E-state index contributed by atoms with van der Waals surface area (Å²) in [4.78, 5) is 28.7. The Morgan fingerprint density at radius 3 is 2.06 bits per heavy atom. The molecule has 0 aliphatic carbocycles. The van der Waals surface area contributed by atoms with Crippen LogP contribution in [0.5, 0.6) is 11.5 Å². The fraction of sp³-hybridized carbons (Fsp3) is 0.462. The molecule has 3 rings (SSSR count). The molecule has 0 saturated carbocycles. The van der Waals surface area contributed by atoms with E-state index in [1.54, 1.807) is 17.0 Å². The molecule has 0 N–H and O–H groups in total. The van der Waals surface area contributed by atoms with E-state index in [0.717, 1.165) is 18.4 Å². The predicted molar refractivity (Wildman–Crippen MR) is 125 cm³/mol. The maximum Gasteiger partial charge on any atom is 0.422 e. The van der Waals surface area contributed by atoms with Crippen LogP contribution in [0.4, 0.5) is 13.2 Å². The summed E-state index contributed by atoms with van der Waals surface area (Å²) in [6.07, 6.45) is -1.60. The van der Waals surface area contributed by atoms with Gasteiger partial charge in [-0.2, -0.15) is 13.2 Å². The lowest BCUT2D eigenvalue weighted by Gasteiger charge is -2.35. The van der Waals surface area contributed by atoms with Crippen LogP contribution in [0.3, 0.4) is 0 Å². The number of ether oxygens (including phenoxy) is 2. The molecule has 0 unspecified atom stereocenters. The van der Waals surface area contributed by atoms with Gasteiger partial charge in [-0.05, 0) is 42.5 Å². The molecule has 1 aliphatic heterocycles. The molecule has 2 aromatic rings. The number of carbonyl (C=O) groups is 2. The van der Waals surface area contributed by atoms with Gasteiger partial charge in [0.2, 0.25) is 11.8 Å². The summed E-state index contributed by atoms with van der Waals surface area (Å²) in [5, 5.41) is 0. The Morgan fingerprint density at radius 1 is 0.829 bits per heavy atom. The highest BCUT2D eigenvalue weighted by Gasteiger charge is 2.29. The van der Waals surface area contributed by atoms with E-state index in [0.29, 0.717) is 39.0 Å². The Balaban J connectivity index is 1.40. The van der Waals surface area contributed by atoms with Gasteiger partial charge in [0.05, 0.1) is 7.11 Å². The third-order valence-electron chi connectivity index (χ3n) is 5.93. The van der Waals surface area contributed by atoms with Crippen LogP contribution >= 0.6 is 0 Å². The van der Waals surface area contributed by atoms with Gasteiger partial charge in [0.1, 0.15) is 0 Å². The monoisotopic (exact) mass is 492 g/mol. The van der Waals surface area contributed by atoms with Crippen LogP contribution in [0.25, 0.3) is 0 Å². The Morgan fingerprint density at radius 2 is 1.46 bits per heavy atom. The van der Waals surface area contributed by atoms with Crippen molar-refractivity contribution in [2.45, 2.75) is 38.3 Å². The normalized spacial score (nSPS) is 14.1. The largest absolute Gasteiger partial charge is 0.493 e. The molecule has 35 heavy (non-hydrogen) atoms. The first-order valence-electron chi connectivity index (χ1n) is 11.7. The van der Waals surface area contributed by atoms with Crippen LogP contribution in [-0.4, -0.2) is 67.7 Å². The second kappa shape index (κ2) is 12.5. The molecular formula is C26H31F3N2O4. The number of hydrogen-bond donors (Lipinski definition) is 0. The second-order valence-electron chi connectivity index (χ2n) is 8.49. The van der Waals surface area contributed by atoms with E-state index in [1.807, 2.05) is 23.1 Å². The maximum absolute atomic E-state index is 12.7. The fourth-order valence-corrected chi connectivity index (χ4v) is 4.01. The number of hydrogen-bond acceptors (Lipinski definition) is 4. The number of benzene rings is 2. The molecule has 2 amide bonds. The van der Waals surface area contributed by atoms with Crippen molar-refractivity contribution < 1.29 is 32.2 Å². The first-order chi connectivity index (χ1) is 16.7. The van der Waals surface area contributed by atoms with E-state index in [-0.39, 0.29) is 29.7 Å². The number of piperazine rings is 1. The molecule has 9 heteroatoms. The Labute approximate surface area is 203 Å². The van der Waals surface area contributed by atoms with Crippen molar-refractivity contribution in [2.75, 3.05) is 39.9 Å². The topological polar surface area (TPSA) is 59.1 Å². The van der Waals surface area contributed by atoms with Crippen LogP contribution in [0.15, 0.2) is 48.5 Å². The zero-order valence-electron chi connectivity index (χ0n) is 19.9. The minimum atomic E-state index is -4.44. The molecule has 2 aromatic carbocycles. The van der Waals surface area contributed by atoms with Gasteiger partial charge < -0.3 is 19.3 Å². The van der Waals surface area contributed by atoms with Crippen molar-refractivity contribution in [1.82, 2.24) is 9.80 Å². The standard InChI is InChI=1S/C26H31F3N2O4/c1-34-23-18-21(10-12-22(23)35-19-26(27,28)29)11-13-25(33)31-16-14-30(15-17-31)24(32)9-5-8-20-6-3-2-4-7-20/h2-4,6-7,10,12,18H,5,8-9,11,13-17,19H2,1H3. The number of aryl methyl sites for hydroxylation is 2. The number of halogens is 3. The lowest BCUT2D eigenvalue weighted by molar-refractivity contribution is -0.153. The van der Waals surface area contributed by atoms with E-state index in [9.17, 15) is 22.8 Å². The van der Waals surface area contributed by atoms with Gasteiger partial charge in [0, 0.05) is 39.0 Å². The third-order valence-corrected chi connectivity index (χ3v) is 5.93. The number of rotatable bonds is 10. The predicted octanol–water partition coefficient (Wildman–Crippen LogP) is 4.26. The lowest BCUT2D eigenvalue weighted by Crippen LogP contribution is -2.50. The van der Waals surface area contributed by atoms with E-state index < -0.39 is 12.8 Å². The highest BCUT2D eigenvalue weighted by atomic mass is 19.4. The Kier molecular flexibility index (Phi) is 9.39. The van der Waals surface area contributed by atoms with Gasteiger partial charge in [-0.1, -0.05) is 36.4 Å². The van der Waals surface area contributed by atoms with Crippen LogP contribution in [0, 0.1) is 0 Å². The summed E-state index contributed by atoms with van der Waals surface area (Å²) in [5.41, 5.74) is 1.98. The second-order valence-corrected chi connectivity index (χ2v) is 8.49. The van der Waals surface area contributed by atoms with Crippen molar-refractivity contribution in [2.24, 2.45) is 0 Å². The van der Waals surface area contributed by atoms with Crippen LogP contribution in [0.2, 0.25) is 0 Å². The number of amides is 2. The zero-order chi connectivity index (χ0) is 25.3. The van der Waals surface area contributed by atoms with E-state index in [4.69, 9.17) is 9.47 Å². The van der Waals surface area contributed by atoms with E-state index >= 15 is 0 Å². The molecule has 1 saturated heterocycles. The first-order valence-corrected chi connectivity index (χ1v) is 11.7. The van der Waals surface area contributed by atoms with Crippen molar-refractivity contribution in [3.8, 4) is 11.5 Å². The van der Waals surface area contributed by atoms with Gasteiger partial charge in [-0.15, -0.1) is 0 Å². The van der Waals surface area contributed by atoms with Gasteiger partial charge in [0.25, 0.3) is 0 Å². The first kappa shape index (κ1) is 26.4. The van der Waals surface area contributed by atoms with Gasteiger partial charge in [0.15, 0.2) is 18.1 Å². The quantitative estimate of drug-likeness (QED) is 0.497. The van der Waals surface area contributed by atoms with Crippen molar-refractivity contribution >= 4 is 11.8 Å². The molecule has 190 valence electrons. The minimum absolute atomic E-state index is 0.00413. The summed E-state index contributed by atoms with van der Waals surface area (Å²) >= 11 is 0. The van der Waals surface area contributed by atoms with Crippen LogP contribution in [0.1, 0.15) is 30.4 Å². The smallest absolute Gasteiger partial charge is 0.422 e. The van der Waals surface area contributed by atoms with Gasteiger partial charge in [-0.25, -0.2) is 0 Å². The summed E-state index contributed by atoms with van der Waals surface area (Å²) < 4.78 is 47.1. The average molecular weight is 493 g/mol. The summed E-state index contributed by atoms with van der Waals surface area (Å²) in [6.45, 7) is 0.639. The summed E-state index contributed by atoms with van der Waals surface area (Å²) in [7, 11) is 1.35. The molecule has 0 aromatic heterocycles. The molecular weight excluding hydrogens is 461 g/mol. The van der Waals surface area contributed by atoms with Gasteiger partial charge >= 0.3 is 6.18 Å². The fourth-order valence-electron chi connectivity index (χ4n) is 4.01. The SMILES string of the molecule is COc1cc(CCC(=O)N2CCN(C(=O)CCCc3ccccc3)CC2)ccc1OCC(F)(F)F. The third kappa shape index (κ3) is 8.49. The summed E-state index contributed by atoms with van der Waals surface area (Å²) in [6, 6.07) is 14.7. The number of alkyl halides is 3. The molecule has 1 heterocycles. The highest BCUT2D eigenvalue weighted by Crippen LogP contribution is 2.30. The highest BCUT2D eigenvalue weighted by molar-refractivity contribution is 5.78. The van der Waals surface area contributed by atoms with Crippen molar-refractivity contribution in [3.05, 3.63) is 59.7 Å². The van der Waals surface area contributed by atoms with Gasteiger partial charge in [-0.3, -0.25) is 9.59 Å². The van der Waals surface area contributed by atoms with Crippen LogP contribution in [-0.2, 0) is 22.4 Å². The number of methoxy groups -OCH3 is 1. The zero-order valence-corrected chi connectivity index (χ0v) is 19.9. The van der Waals surface area contributed by atoms with E-state index in [1.165, 1.54) is 18.7 Å². The molecule has 0 bridgehead atoms. The molecule has 1 fully saturated rings. The van der Waals surface area contributed by atoms with Crippen molar-refractivity contribution in [1.29, 1.82) is 0 Å². The molecule has 0 radical (unpaired) electrons. The molecule has 1 aliphatic rings. The summed E-state index contributed by atoms with van der Waals surface area (Å²) in [5.74, 6) is 0.300.